The summed E-state index contributed by atoms with van der Waals surface area (Å²) in [5.41, 5.74) is 0. The van der Waals surface area contributed by atoms with Crippen molar-refractivity contribution in [2.75, 3.05) is 13.1 Å². The minimum Gasteiger partial charge on any atom is -0.337 e. The summed E-state index contributed by atoms with van der Waals surface area (Å²) in [4.78, 5) is 13.4. The van der Waals surface area contributed by atoms with Crippen LogP contribution in [0.1, 0.15) is 32.6 Å². The predicted octanol–water partition coefficient (Wildman–Crippen LogP) is 2.69. The number of piperidine rings is 1. The number of amides is 1. The predicted molar refractivity (Wildman–Crippen MR) is 67.9 cm³/mol. The average molecular weight is 288 g/mol. The molecule has 1 atom stereocenters. The van der Waals surface area contributed by atoms with Gasteiger partial charge in [0.15, 0.2) is 0 Å². The molecule has 1 aliphatic rings. The van der Waals surface area contributed by atoms with Gasteiger partial charge in [-0.15, -0.1) is 0 Å². The Balaban J connectivity index is 2.66. The maximum atomic E-state index is 11.4. The van der Waals surface area contributed by atoms with Crippen molar-refractivity contribution in [1.82, 2.24) is 10.2 Å². The zero-order chi connectivity index (χ0) is 12.2. The summed E-state index contributed by atoms with van der Waals surface area (Å²) in [6.45, 7) is 3.51. The van der Waals surface area contributed by atoms with E-state index in [0.717, 1.165) is 25.9 Å². The Labute approximate surface area is 111 Å². The summed E-state index contributed by atoms with van der Waals surface area (Å²) in [7, 11) is 0. The molecule has 1 rings (SSSR count). The molecule has 1 fully saturated rings. The van der Waals surface area contributed by atoms with Gasteiger partial charge in [0.1, 0.15) is 6.17 Å². The van der Waals surface area contributed by atoms with Crippen LogP contribution in [0.5, 0.6) is 0 Å². The number of likely N-dealkylation sites (tertiary alicyclic amines) is 1. The highest BCUT2D eigenvalue weighted by Crippen LogP contribution is 2.33. The van der Waals surface area contributed by atoms with Crippen LogP contribution in [0.4, 0.5) is 0 Å². The summed E-state index contributed by atoms with van der Waals surface area (Å²) < 4.78 is -1.48. The summed E-state index contributed by atoms with van der Waals surface area (Å²) in [5, 5.41) is 2.77. The molecule has 0 saturated carbocycles. The van der Waals surface area contributed by atoms with Crippen LogP contribution in [0.3, 0.4) is 0 Å². The highest BCUT2D eigenvalue weighted by Gasteiger charge is 2.38. The van der Waals surface area contributed by atoms with Crippen molar-refractivity contribution < 1.29 is 4.79 Å². The van der Waals surface area contributed by atoms with E-state index in [2.05, 4.69) is 5.32 Å². The molecule has 1 amide bonds. The van der Waals surface area contributed by atoms with E-state index in [-0.39, 0.29) is 5.91 Å². The summed E-state index contributed by atoms with van der Waals surface area (Å²) in [6.07, 6.45) is 3.24. The molecule has 0 radical (unpaired) electrons. The van der Waals surface area contributed by atoms with Crippen LogP contribution in [0.2, 0.25) is 0 Å². The fourth-order valence-corrected chi connectivity index (χ4v) is 2.39. The first-order chi connectivity index (χ1) is 7.45. The molecule has 16 heavy (non-hydrogen) atoms. The number of rotatable bonds is 3. The molecule has 1 aliphatic heterocycles. The van der Waals surface area contributed by atoms with Gasteiger partial charge in [-0.05, 0) is 12.8 Å². The Hall–Kier alpha value is 0.300. The third-order valence-electron chi connectivity index (χ3n) is 2.68. The molecule has 94 valence electrons. The summed E-state index contributed by atoms with van der Waals surface area (Å²) in [6, 6.07) is 0. The number of carbonyl (C=O) groups excluding carboxylic acids is 1. The molecule has 1 heterocycles. The van der Waals surface area contributed by atoms with Crippen molar-refractivity contribution in [3.8, 4) is 0 Å². The number of hydrogen-bond donors (Lipinski definition) is 1. The fraction of sp³-hybridized carbons (Fsp3) is 0.900. The molecule has 0 spiro atoms. The van der Waals surface area contributed by atoms with Crippen LogP contribution in [-0.4, -0.2) is 33.9 Å². The molecule has 3 nitrogen and oxygen atoms in total. The Morgan fingerprint density at radius 3 is 2.31 bits per heavy atom. The molecular weight excluding hydrogens is 270 g/mol. The van der Waals surface area contributed by atoms with Gasteiger partial charge in [-0.2, -0.15) is 0 Å². The van der Waals surface area contributed by atoms with Gasteiger partial charge >= 0.3 is 0 Å². The Bertz CT molecular complexity index is 237. The zero-order valence-corrected chi connectivity index (χ0v) is 11.6. The molecule has 1 N–H and O–H groups in total. The van der Waals surface area contributed by atoms with Crippen molar-refractivity contribution in [2.24, 2.45) is 0 Å². The second-order valence-electron chi connectivity index (χ2n) is 3.96. The van der Waals surface area contributed by atoms with Crippen molar-refractivity contribution in [1.29, 1.82) is 0 Å². The monoisotopic (exact) mass is 286 g/mol. The second kappa shape index (κ2) is 6.29. The van der Waals surface area contributed by atoms with Gasteiger partial charge < -0.3 is 5.32 Å². The molecule has 0 bridgehead atoms. The zero-order valence-electron chi connectivity index (χ0n) is 9.31. The average Bonchev–Trinajstić information content (AvgIpc) is 2.25. The first-order valence-corrected chi connectivity index (χ1v) is 6.68. The lowest BCUT2D eigenvalue weighted by atomic mass is 10.1. The van der Waals surface area contributed by atoms with Crippen molar-refractivity contribution in [3.05, 3.63) is 0 Å². The van der Waals surface area contributed by atoms with Gasteiger partial charge in [0.2, 0.25) is 9.70 Å². The number of halogens is 3. The maximum Gasteiger partial charge on any atom is 0.223 e. The van der Waals surface area contributed by atoms with E-state index in [0.29, 0.717) is 6.42 Å². The molecule has 6 heteroatoms. The van der Waals surface area contributed by atoms with Crippen LogP contribution in [0.25, 0.3) is 0 Å². The van der Waals surface area contributed by atoms with Gasteiger partial charge in [-0.25, -0.2) is 0 Å². The maximum absolute atomic E-state index is 11.4. The lowest BCUT2D eigenvalue weighted by molar-refractivity contribution is -0.122. The Kier molecular flexibility index (Phi) is 5.65. The summed E-state index contributed by atoms with van der Waals surface area (Å²) >= 11 is 17.7. The minimum absolute atomic E-state index is 0.0955. The third kappa shape index (κ3) is 4.28. The van der Waals surface area contributed by atoms with E-state index in [1.165, 1.54) is 6.42 Å². The lowest BCUT2D eigenvalue weighted by Gasteiger charge is -2.38. The third-order valence-corrected chi connectivity index (χ3v) is 3.30. The van der Waals surface area contributed by atoms with E-state index in [4.69, 9.17) is 34.8 Å². The van der Waals surface area contributed by atoms with Crippen molar-refractivity contribution in [2.45, 2.75) is 42.6 Å². The normalized spacial score (nSPS) is 20.5. The second-order valence-corrected chi connectivity index (χ2v) is 6.33. The largest absolute Gasteiger partial charge is 0.337 e. The topological polar surface area (TPSA) is 32.3 Å². The molecule has 0 aromatic heterocycles. The van der Waals surface area contributed by atoms with Crippen LogP contribution >= 0.6 is 34.8 Å². The lowest BCUT2D eigenvalue weighted by Crippen LogP contribution is -2.56. The van der Waals surface area contributed by atoms with E-state index >= 15 is 0 Å². The van der Waals surface area contributed by atoms with Gasteiger partial charge in [-0.3, -0.25) is 9.69 Å². The van der Waals surface area contributed by atoms with Gasteiger partial charge in [0.05, 0.1) is 0 Å². The van der Waals surface area contributed by atoms with Crippen LogP contribution in [-0.2, 0) is 4.79 Å². The number of alkyl halides is 3. The Morgan fingerprint density at radius 1 is 1.31 bits per heavy atom. The molecule has 1 unspecified atom stereocenters. The first kappa shape index (κ1) is 14.4. The van der Waals surface area contributed by atoms with E-state index in [1.807, 2.05) is 4.90 Å². The molecule has 0 aliphatic carbocycles. The highest BCUT2D eigenvalue weighted by molar-refractivity contribution is 6.68. The molecule has 0 aromatic rings. The molecule has 0 aromatic carbocycles. The van der Waals surface area contributed by atoms with Crippen LogP contribution in [0.15, 0.2) is 0 Å². The summed E-state index contributed by atoms with van der Waals surface area (Å²) in [5.74, 6) is -0.0955. The standard InChI is InChI=1S/C10H17Cl3N2O/c1-2-8(16)14-9(10(11,12)13)15-6-4-3-5-7-15/h9H,2-7H2,1H3,(H,14,16). The van der Waals surface area contributed by atoms with Crippen LogP contribution in [0, 0.1) is 0 Å². The van der Waals surface area contributed by atoms with E-state index in [1.54, 1.807) is 6.92 Å². The van der Waals surface area contributed by atoms with Crippen molar-refractivity contribution in [3.63, 3.8) is 0 Å². The van der Waals surface area contributed by atoms with Crippen molar-refractivity contribution >= 4 is 40.7 Å². The first-order valence-electron chi connectivity index (χ1n) is 5.55. The van der Waals surface area contributed by atoms with Crippen LogP contribution < -0.4 is 5.32 Å². The molecular formula is C10H17Cl3N2O. The SMILES string of the molecule is CCC(=O)NC(N1CCCCC1)C(Cl)(Cl)Cl. The number of carbonyl (C=O) groups is 1. The minimum atomic E-state index is -1.48. The highest BCUT2D eigenvalue weighted by atomic mass is 35.6. The number of nitrogens with zero attached hydrogens (tertiary/aromatic N) is 1. The Morgan fingerprint density at radius 2 is 1.88 bits per heavy atom. The van der Waals surface area contributed by atoms with Gasteiger partial charge in [-0.1, -0.05) is 48.1 Å². The fourth-order valence-electron chi connectivity index (χ4n) is 1.81. The molecule has 1 saturated heterocycles. The quantitative estimate of drug-likeness (QED) is 0.810. The van der Waals surface area contributed by atoms with Gasteiger partial charge in [0, 0.05) is 19.5 Å². The number of hydrogen-bond acceptors (Lipinski definition) is 2. The van der Waals surface area contributed by atoms with Gasteiger partial charge in [0.25, 0.3) is 0 Å². The van der Waals surface area contributed by atoms with E-state index < -0.39 is 9.96 Å². The number of nitrogens with one attached hydrogen (secondary N) is 1. The smallest absolute Gasteiger partial charge is 0.223 e. The van der Waals surface area contributed by atoms with E-state index in [9.17, 15) is 4.79 Å².